The quantitative estimate of drug-likeness (QED) is 0.771. The lowest BCUT2D eigenvalue weighted by Gasteiger charge is -2.05. The van der Waals surface area contributed by atoms with Crippen LogP contribution in [0.25, 0.3) is 10.2 Å². The molecule has 2 rings (SSSR count). The van der Waals surface area contributed by atoms with E-state index in [9.17, 15) is 4.79 Å². The van der Waals surface area contributed by atoms with E-state index in [0.29, 0.717) is 10.7 Å². The Hall–Kier alpha value is -1.27. The van der Waals surface area contributed by atoms with Gasteiger partial charge < -0.3 is 11.1 Å². The predicted molar refractivity (Wildman–Crippen MR) is 88.6 cm³/mol. The highest BCUT2D eigenvalue weighted by Gasteiger charge is 2.08. The number of carbonyl (C=O) groups is 1. The van der Waals surface area contributed by atoms with Gasteiger partial charge in [-0.3, -0.25) is 4.79 Å². The van der Waals surface area contributed by atoms with Gasteiger partial charge in [0.1, 0.15) is 0 Å². The molecule has 1 amide bonds. The number of unbranched alkanes of at least 4 members (excludes halogenated alkanes) is 2. The molecule has 0 unspecified atom stereocenters. The number of rotatable bonds is 7. The number of nitrogens with two attached hydrogens (primary N) is 1. The summed E-state index contributed by atoms with van der Waals surface area (Å²) in [5.74, 6) is 1.17. The smallest absolute Gasteiger partial charge is 0.251 e. The first kappa shape index (κ1) is 15.1. The van der Waals surface area contributed by atoms with E-state index < -0.39 is 0 Å². The number of nitrogens with one attached hydrogen (secondary N) is 1. The van der Waals surface area contributed by atoms with Crippen LogP contribution in [0.5, 0.6) is 0 Å². The van der Waals surface area contributed by atoms with Crippen LogP contribution in [-0.4, -0.2) is 29.4 Å². The Labute approximate surface area is 127 Å². The lowest BCUT2D eigenvalue weighted by atomic mass is 10.2. The number of aromatic nitrogens is 1. The summed E-state index contributed by atoms with van der Waals surface area (Å²) < 4.78 is 0.954. The minimum Gasteiger partial charge on any atom is -0.375 e. The maximum absolute atomic E-state index is 12.0. The standard InChI is InChI=1S/C14H19N3OS2/c1-19-8-4-2-3-7-16-13(18)10-5-6-11-12(9-10)20-14(15)17-11/h5-6,9H,2-4,7-8H2,1H3,(H2,15,17)(H,16,18). The highest BCUT2D eigenvalue weighted by Crippen LogP contribution is 2.24. The monoisotopic (exact) mass is 309 g/mol. The van der Waals surface area contributed by atoms with Gasteiger partial charge in [-0.15, -0.1) is 0 Å². The molecule has 0 saturated heterocycles. The molecule has 3 N–H and O–H groups in total. The number of fused-ring (bicyclic) bond motifs is 1. The molecule has 0 fully saturated rings. The third-order valence-electron chi connectivity index (χ3n) is 2.98. The summed E-state index contributed by atoms with van der Waals surface area (Å²) in [7, 11) is 0. The van der Waals surface area contributed by atoms with Gasteiger partial charge in [-0.1, -0.05) is 17.8 Å². The fourth-order valence-corrected chi connectivity index (χ4v) is 3.20. The van der Waals surface area contributed by atoms with E-state index in [-0.39, 0.29) is 5.91 Å². The number of hydrogen-bond acceptors (Lipinski definition) is 5. The number of carbonyl (C=O) groups excluding carboxylic acids is 1. The first-order chi connectivity index (χ1) is 9.70. The summed E-state index contributed by atoms with van der Waals surface area (Å²) in [5, 5.41) is 3.49. The van der Waals surface area contributed by atoms with Crippen molar-refractivity contribution in [1.82, 2.24) is 10.3 Å². The van der Waals surface area contributed by atoms with E-state index >= 15 is 0 Å². The van der Waals surface area contributed by atoms with Gasteiger partial charge in [0.15, 0.2) is 5.13 Å². The van der Waals surface area contributed by atoms with Gasteiger partial charge in [-0.2, -0.15) is 11.8 Å². The van der Waals surface area contributed by atoms with Crippen LogP contribution >= 0.6 is 23.1 Å². The van der Waals surface area contributed by atoms with Gasteiger partial charge in [0, 0.05) is 12.1 Å². The Morgan fingerprint density at radius 1 is 1.40 bits per heavy atom. The van der Waals surface area contributed by atoms with Crippen molar-refractivity contribution in [2.45, 2.75) is 19.3 Å². The molecule has 0 saturated carbocycles. The predicted octanol–water partition coefficient (Wildman–Crippen LogP) is 3.14. The third-order valence-corrected chi connectivity index (χ3v) is 4.52. The molecule has 0 aliphatic heterocycles. The Bertz CT molecular complexity index is 583. The van der Waals surface area contributed by atoms with Crippen LogP contribution in [0.15, 0.2) is 18.2 Å². The summed E-state index contributed by atoms with van der Waals surface area (Å²) >= 11 is 3.27. The molecule has 1 aromatic carbocycles. The van der Waals surface area contributed by atoms with E-state index in [1.165, 1.54) is 23.5 Å². The van der Waals surface area contributed by atoms with Gasteiger partial charge in [0.05, 0.1) is 10.2 Å². The molecule has 0 aliphatic rings. The summed E-state index contributed by atoms with van der Waals surface area (Å²) in [6.07, 6.45) is 5.51. The minimum absolute atomic E-state index is 0.0243. The fourth-order valence-electron chi connectivity index (χ4n) is 1.94. The fraction of sp³-hybridized carbons (Fsp3) is 0.429. The maximum Gasteiger partial charge on any atom is 0.251 e. The van der Waals surface area contributed by atoms with Crippen LogP contribution < -0.4 is 11.1 Å². The van der Waals surface area contributed by atoms with Crippen molar-refractivity contribution in [3.63, 3.8) is 0 Å². The molecule has 6 heteroatoms. The number of anilines is 1. The zero-order valence-electron chi connectivity index (χ0n) is 11.5. The van der Waals surface area contributed by atoms with Gasteiger partial charge in [-0.25, -0.2) is 4.98 Å². The second-order valence-electron chi connectivity index (χ2n) is 4.54. The van der Waals surface area contributed by atoms with E-state index in [1.54, 1.807) is 6.07 Å². The number of hydrogen-bond donors (Lipinski definition) is 2. The molecule has 1 heterocycles. The molecule has 0 bridgehead atoms. The van der Waals surface area contributed by atoms with E-state index in [1.807, 2.05) is 23.9 Å². The van der Waals surface area contributed by atoms with Crippen molar-refractivity contribution >= 4 is 44.4 Å². The average Bonchev–Trinajstić information content (AvgIpc) is 2.81. The highest BCUT2D eigenvalue weighted by atomic mass is 32.2. The van der Waals surface area contributed by atoms with Crippen LogP contribution in [0.1, 0.15) is 29.6 Å². The summed E-state index contributed by atoms with van der Waals surface area (Å²) in [4.78, 5) is 16.2. The van der Waals surface area contributed by atoms with E-state index in [4.69, 9.17) is 5.73 Å². The summed E-state index contributed by atoms with van der Waals surface area (Å²) in [6, 6.07) is 5.49. The molecule has 0 radical (unpaired) electrons. The molecule has 0 atom stereocenters. The van der Waals surface area contributed by atoms with Gasteiger partial charge >= 0.3 is 0 Å². The summed E-state index contributed by atoms with van der Waals surface area (Å²) in [5.41, 5.74) is 7.18. The average molecular weight is 309 g/mol. The Balaban J connectivity index is 1.84. The number of nitrogens with zero attached hydrogens (tertiary/aromatic N) is 1. The number of nitrogen functional groups attached to an aromatic ring is 1. The Morgan fingerprint density at radius 3 is 3.05 bits per heavy atom. The van der Waals surface area contributed by atoms with Crippen molar-refractivity contribution in [2.75, 3.05) is 24.3 Å². The first-order valence-corrected chi connectivity index (χ1v) is 8.85. The van der Waals surface area contributed by atoms with Gasteiger partial charge in [0.25, 0.3) is 5.91 Å². The van der Waals surface area contributed by atoms with Crippen LogP contribution in [0.2, 0.25) is 0 Å². The second-order valence-corrected chi connectivity index (χ2v) is 6.59. The van der Waals surface area contributed by atoms with Crippen LogP contribution in [0, 0.1) is 0 Å². The van der Waals surface area contributed by atoms with Crippen LogP contribution in [-0.2, 0) is 0 Å². The number of thiazole rings is 1. The van der Waals surface area contributed by atoms with E-state index in [0.717, 1.165) is 29.6 Å². The van der Waals surface area contributed by atoms with Crippen molar-refractivity contribution < 1.29 is 4.79 Å². The summed E-state index contributed by atoms with van der Waals surface area (Å²) in [6.45, 7) is 0.732. The Morgan fingerprint density at radius 2 is 2.25 bits per heavy atom. The van der Waals surface area contributed by atoms with Gasteiger partial charge in [-0.05, 0) is 43.0 Å². The topological polar surface area (TPSA) is 68.0 Å². The number of benzene rings is 1. The molecular formula is C14H19N3OS2. The molecular weight excluding hydrogens is 290 g/mol. The minimum atomic E-state index is -0.0243. The molecule has 108 valence electrons. The van der Waals surface area contributed by atoms with Gasteiger partial charge in [0.2, 0.25) is 0 Å². The lowest BCUT2D eigenvalue weighted by Crippen LogP contribution is -2.24. The SMILES string of the molecule is CSCCCCCNC(=O)c1ccc2nc(N)sc2c1. The molecule has 1 aromatic heterocycles. The van der Waals surface area contributed by atoms with Crippen LogP contribution in [0.4, 0.5) is 5.13 Å². The Kier molecular flexibility index (Phi) is 5.67. The third kappa shape index (κ3) is 4.11. The van der Waals surface area contributed by atoms with Crippen LogP contribution in [0.3, 0.4) is 0 Å². The zero-order chi connectivity index (χ0) is 14.4. The highest BCUT2D eigenvalue weighted by molar-refractivity contribution is 7.98. The number of thioether (sulfide) groups is 1. The lowest BCUT2D eigenvalue weighted by molar-refractivity contribution is 0.0953. The first-order valence-electron chi connectivity index (χ1n) is 6.64. The van der Waals surface area contributed by atoms with Crippen molar-refractivity contribution in [3.8, 4) is 0 Å². The van der Waals surface area contributed by atoms with E-state index in [2.05, 4.69) is 16.6 Å². The molecule has 0 aliphatic carbocycles. The molecule has 2 aromatic rings. The second kappa shape index (κ2) is 7.50. The van der Waals surface area contributed by atoms with Crippen molar-refractivity contribution in [3.05, 3.63) is 23.8 Å². The number of amides is 1. The largest absolute Gasteiger partial charge is 0.375 e. The zero-order valence-corrected chi connectivity index (χ0v) is 13.1. The normalized spacial score (nSPS) is 10.8. The van der Waals surface area contributed by atoms with Crippen molar-refractivity contribution in [1.29, 1.82) is 0 Å². The molecule has 0 spiro atoms. The molecule has 20 heavy (non-hydrogen) atoms. The molecule has 4 nitrogen and oxygen atoms in total. The van der Waals surface area contributed by atoms with Crippen molar-refractivity contribution in [2.24, 2.45) is 0 Å². The maximum atomic E-state index is 12.0.